The molecule has 0 radical (unpaired) electrons. The lowest BCUT2D eigenvalue weighted by molar-refractivity contribution is -0.125. The van der Waals surface area contributed by atoms with Crippen molar-refractivity contribution < 1.29 is 4.79 Å². The number of benzene rings is 1. The van der Waals surface area contributed by atoms with Gasteiger partial charge in [-0.15, -0.1) is 0 Å². The molecule has 3 rings (SSSR count). The van der Waals surface area contributed by atoms with Crippen molar-refractivity contribution in [3.8, 4) is 0 Å². The van der Waals surface area contributed by atoms with Crippen molar-refractivity contribution in [2.75, 3.05) is 0 Å². The first-order valence-electron chi connectivity index (χ1n) is 4.97. The third-order valence-corrected chi connectivity index (χ3v) is 3.16. The van der Waals surface area contributed by atoms with Gasteiger partial charge in [0.2, 0.25) is 5.91 Å². The topological polar surface area (TPSA) is 41.1 Å². The second kappa shape index (κ2) is 2.82. The third-order valence-electron chi connectivity index (χ3n) is 3.16. The average molecular weight is 188 g/mol. The molecule has 1 aliphatic heterocycles. The quantitative estimate of drug-likeness (QED) is 0.635. The highest BCUT2D eigenvalue weighted by Crippen LogP contribution is 2.38. The van der Waals surface area contributed by atoms with Gasteiger partial charge in [-0.2, -0.15) is 0 Å². The van der Waals surface area contributed by atoms with E-state index in [0.717, 1.165) is 6.42 Å². The molecule has 1 heterocycles. The number of hydrogen-bond acceptors (Lipinski definition) is 2. The van der Waals surface area contributed by atoms with Crippen LogP contribution in [0.1, 0.15) is 23.6 Å². The Kier molecular flexibility index (Phi) is 1.61. The monoisotopic (exact) mass is 188 g/mol. The summed E-state index contributed by atoms with van der Waals surface area (Å²) < 4.78 is 0. The number of carbonyl (C=O) groups excluding carboxylic acids is 1. The molecule has 2 unspecified atom stereocenters. The van der Waals surface area contributed by atoms with Gasteiger partial charge in [0.05, 0.1) is 6.04 Å². The average Bonchev–Trinajstić information content (AvgIpc) is 2.54. The highest BCUT2D eigenvalue weighted by Gasteiger charge is 2.36. The molecular weight excluding hydrogens is 176 g/mol. The Labute approximate surface area is 82.5 Å². The van der Waals surface area contributed by atoms with Gasteiger partial charge in [0.25, 0.3) is 0 Å². The fourth-order valence-corrected chi connectivity index (χ4v) is 2.51. The number of nitrogens with one attached hydrogen (secondary N) is 2. The molecule has 0 saturated carbocycles. The molecule has 0 bridgehead atoms. The van der Waals surface area contributed by atoms with E-state index in [9.17, 15) is 4.79 Å². The third kappa shape index (κ3) is 1.06. The van der Waals surface area contributed by atoms with Crippen LogP contribution in [0.3, 0.4) is 0 Å². The van der Waals surface area contributed by atoms with Crippen LogP contribution in [-0.2, 0) is 11.2 Å². The Balaban J connectivity index is 1.98. The zero-order valence-corrected chi connectivity index (χ0v) is 7.79. The normalized spacial score (nSPS) is 29.3. The number of hydrogen-bond donors (Lipinski definition) is 2. The van der Waals surface area contributed by atoms with Gasteiger partial charge in [0, 0.05) is 6.42 Å². The summed E-state index contributed by atoms with van der Waals surface area (Å²) in [7, 11) is 0. The van der Waals surface area contributed by atoms with E-state index in [4.69, 9.17) is 0 Å². The van der Waals surface area contributed by atoms with Gasteiger partial charge < -0.3 is 0 Å². The molecular formula is C11H12N2O. The molecule has 0 spiro atoms. The van der Waals surface area contributed by atoms with Crippen molar-refractivity contribution in [1.82, 2.24) is 10.9 Å². The highest BCUT2D eigenvalue weighted by molar-refractivity contribution is 5.77. The predicted molar refractivity (Wildman–Crippen MR) is 52.3 cm³/mol. The van der Waals surface area contributed by atoms with Gasteiger partial charge in [0.1, 0.15) is 0 Å². The second-order valence-corrected chi connectivity index (χ2v) is 4.04. The van der Waals surface area contributed by atoms with Gasteiger partial charge in [-0.1, -0.05) is 24.3 Å². The first kappa shape index (κ1) is 8.00. The van der Waals surface area contributed by atoms with Gasteiger partial charge in [-0.05, 0) is 23.5 Å². The molecule has 2 atom stereocenters. The molecule has 1 aromatic rings. The van der Waals surface area contributed by atoms with E-state index in [1.165, 1.54) is 11.1 Å². The smallest absolute Gasteiger partial charge is 0.234 e. The van der Waals surface area contributed by atoms with Crippen molar-refractivity contribution >= 4 is 5.91 Å². The molecule has 0 aromatic heterocycles. The number of hydrazine groups is 1. The molecule has 2 N–H and O–H groups in total. The van der Waals surface area contributed by atoms with Crippen molar-refractivity contribution in [2.24, 2.45) is 5.92 Å². The van der Waals surface area contributed by atoms with E-state index in [2.05, 4.69) is 35.1 Å². The minimum atomic E-state index is 0.110. The van der Waals surface area contributed by atoms with E-state index >= 15 is 0 Å². The van der Waals surface area contributed by atoms with Gasteiger partial charge in [-0.25, -0.2) is 5.43 Å². The number of carbonyl (C=O) groups is 1. The van der Waals surface area contributed by atoms with Crippen molar-refractivity contribution in [2.45, 2.75) is 18.9 Å². The summed E-state index contributed by atoms with van der Waals surface area (Å²) in [5.74, 6) is 0.556. The van der Waals surface area contributed by atoms with Crippen LogP contribution < -0.4 is 10.9 Å². The van der Waals surface area contributed by atoms with Crippen molar-refractivity contribution in [1.29, 1.82) is 0 Å². The Bertz CT molecular complexity index is 389. The maximum Gasteiger partial charge on any atom is 0.234 e. The van der Waals surface area contributed by atoms with Crippen LogP contribution in [0, 0.1) is 5.92 Å². The predicted octanol–water partition coefficient (Wildman–Crippen LogP) is 0.924. The van der Waals surface area contributed by atoms with Crippen molar-refractivity contribution in [3.05, 3.63) is 35.4 Å². The van der Waals surface area contributed by atoms with Crippen molar-refractivity contribution in [3.63, 3.8) is 0 Å². The molecule has 72 valence electrons. The standard InChI is InChI=1S/C11H12N2O/c14-10-6-8-5-7-3-1-2-4-9(7)11(8)13-12-10/h1-4,8,11,13H,5-6H2,(H,12,14). The van der Waals surface area contributed by atoms with Crippen LogP contribution in [0.25, 0.3) is 0 Å². The largest absolute Gasteiger partial charge is 0.291 e. The van der Waals surface area contributed by atoms with Crippen LogP contribution in [0.4, 0.5) is 0 Å². The lowest BCUT2D eigenvalue weighted by Gasteiger charge is -2.27. The Morgan fingerprint density at radius 1 is 1.21 bits per heavy atom. The Morgan fingerprint density at radius 3 is 3.00 bits per heavy atom. The number of amides is 1. The lowest BCUT2D eigenvalue weighted by Crippen LogP contribution is -2.47. The van der Waals surface area contributed by atoms with E-state index in [1.807, 2.05) is 0 Å². The second-order valence-electron chi connectivity index (χ2n) is 4.04. The summed E-state index contributed by atoms with van der Waals surface area (Å²) in [4.78, 5) is 11.2. The first-order valence-corrected chi connectivity index (χ1v) is 4.97. The lowest BCUT2D eigenvalue weighted by atomic mass is 9.96. The zero-order valence-electron chi connectivity index (χ0n) is 7.79. The molecule has 1 fully saturated rings. The fraction of sp³-hybridized carbons (Fsp3) is 0.364. The molecule has 3 nitrogen and oxygen atoms in total. The van der Waals surface area contributed by atoms with Crippen LogP contribution >= 0.6 is 0 Å². The minimum absolute atomic E-state index is 0.110. The van der Waals surface area contributed by atoms with E-state index in [-0.39, 0.29) is 5.91 Å². The summed E-state index contributed by atoms with van der Waals surface area (Å²) in [6, 6.07) is 8.73. The first-order chi connectivity index (χ1) is 6.84. The Hall–Kier alpha value is -1.35. The number of rotatable bonds is 0. The number of fused-ring (bicyclic) bond motifs is 3. The van der Waals surface area contributed by atoms with Gasteiger partial charge in [-0.3, -0.25) is 10.2 Å². The summed E-state index contributed by atoms with van der Waals surface area (Å²) in [6.07, 6.45) is 1.67. The summed E-state index contributed by atoms with van der Waals surface area (Å²) in [6.45, 7) is 0. The van der Waals surface area contributed by atoms with Gasteiger partial charge in [0.15, 0.2) is 0 Å². The summed E-state index contributed by atoms with van der Waals surface area (Å²) >= 11 is 0. The molecule has 1 aliphatic carbocycles. The SMILES string of the molecule is O=C1CC2Cc3ccccc3C2NN1. The Morgan fingerprint density at radius 2 is 2.07 bits per heavy atom. The van der Waals surface area contributed by atoms with E-state index in [1.54, 1.807) is 0 Å². The molecule has 1 amide bonds. The fourth-order valence-electron chi connectivity index (χ4n) is 2.51. The zero-order chi connectivity index (χ0) is 9.54. The van der Waals surface area contributed by atoms with Crippen LogP contribution in [0.2, 0.25) is 0 Å². The molecule has 14 heavy (non-hydrogen) atoms. The molecule has 1 saturated heterocycles. The molecule has 3 heteroatoms. The summed E-state index contributed by atoms with van der Waals surface area (Å²) in [5.41, 5.74) is 8.52. The van der Waals surface area contributed by atoms with Crippen LogP contribution in [-0.4, -0.2) is 5.91 Å². The maximum absolute atomic E-state index is 11.2. The summed E-state index contributed by atoms with van der Waals surface area (Å²) in [5, 5.41) is 0. The van der Waals surface area contributed by atoms with Crippen LogP contribution in [0.15, 0.2) is 24.3 Å². The molecule has 1 aromatic carbocycles. The van der Waals surface area contributed by atoms with Crippen LogP contribution in [0.5, 0.6) is 0 Å². The van der Waals surface area contributed by atoms with E-state index < -0.39 is 0 Å². The van der Waals surface area contributed by atoms with E-state index in [0.29, 0.717) is 18.4 Å². The molecule has 2 aliphatic rings. The van der Waals surface area contributed by atoms with Gasteiger partial charge >= 0.3 is 0 Å². The highest BCUT2D eigenvalue weighted by atomic mass is 16.2. The minimum Gasteiger partial charge on any atom is -0.291 e. The maximum atomic E-state index is 11.2.